The normalized spacial score (nSPS) is 11.1. The standard InChI is InChI=1S/C8H9BrFNO3S/c1-14-8-4-6(10)2-3-7(8)11-15(12,13)5-9/h2-4,11H,5H2,1H3. The zero-order chi connectivity index (χ0) is 11.5. The molecular weight excluding hydrogens is 289 g/mol. The van der Waals surface area contributed by atoms with Crippen LogP contribution < -0.4 is 9.46 Å². The van der Waals surface area contributed by atoms with E-state index in [4.69, 9.17) is 4.74 Å². The summed E-state index contributed by atoms with van der Waals surface area (Å²) >= 11 is 2.82. The van der Waals surface area contributed by atoms with Crippen molar-refractivity contribution in [3.05, 3.63) is 24.0 Å². The topological polar surface area (TPSA) is 55.4 Å². The Morgan fingerprint density at radius 2 is 2.20 bits per heavy atom. The lowest BCUT2D eigenvalue weighted by atomic mass is 10.3. The molecule has 15 heavy (non-hydrogen) atoms. The zero-order valence-electron chi connectivity index (χ0n) is 7.83. The minimum Gasteiger partial charge on any atom is -0.494 e. The highest BCUT2D eigenvalue weighted by Gasteiger charge is 2.12. The molecule has 0 amide bonds. The van der Waals surface area contributed by atoms with Gasteiger partial charge in [-0.3, -0.25) is 4.72 Å². The third-order valence-corrected chi connectivity index (χ3v) is 4.20. The lowest BCUT2D eigenvalue weighted by Gasteiger charge is -2.09. The molecule has 0 heterocycles. The molecule has 0 fully saturated rings. The lowest BCUT2D eigenvalue weighted by molar-refractivity contribution is 0.413. The van der Waals surface area contributed by atoms with Crippen LogP contribution in [-0.4, -0.2) is 20.2 Å². The Balaban J connectivity index is 3.05. The summed E-state index contributed by atoms with van der Waals surface area (Å²) in [6.45, 7) is 0. The zero-order valence-corrected chi connectivity index (χ0v) is 10.2. The smallest absolute Gasteiger partial charge is 0.242 e. The van der Waals surface area contributed by atoms with Crippen LogP contribution in [0.5, 0.6) is 5.75 Å². The number of anilines is 1. The van der Waals surface area contributed by atoms with Gasteiger partial charge in [-0.1, -0.05) is 15.9 Å². The minimum absolute atomic E-state index is 0.138. The molecule has 0 radical (unpaired) electrons. The molecule has 0 aliphatic rings. The van der Waals surface area contributed by atoms with E-state index in [1.54, 1.807) is 0 Å². The van der Waals surface area contributed by atoms with Gasteiger partial charge < -0.3 is 4.74 Å². The first-order valence-electron chi connectivity index (χ1n) is 3.88. The Labute approximate surface area is 95.6 Å². The molecule has 0 spiro atoms. The number of ether oxygens (including phenoxy) is 1. The molecule has 0 bridgehead atoms. The summed E-state index contributed by atoms with van der Waals surface area (Å²) in [5.41, 5.74) is 0.207. The first-order valence-corrected chi connectivity index (χ1v) is 6.66. The van der Waals surface area contributed by atoms with E-state index in [0.717, 1.165) is 12.1 Å². The van der Waals surface area contributed by atoms with E-state index in [0.29, 0.717) is 0 Å². The number of hydrogen-bond donors (Lipinski definition) is 1. The second-order valence-electron chi connectivity index (χ2n) is 2.67. The number of halogens is 2. The highest BCUT2D eigenvalue weighted by Crippen LogP contribution is 2.26. The van der Waals surface area contributed by atoms with Crippen molar-refractivity contribution in [2.75, 3.05) is 16.5 Å². The van der Waals surface area contributed by atoms with Gasteiger partial charge in [-0.05, 0) is 12.1 Å². The first-order chi connectivity index (χ1) is 6.98. The van der Waals surface area contributed by atoms with Crippen LogP contribution >= 0.6 is 15.9 Å². The fourth-order valence-corrected chi connectivity index (χ4v) is 1.85. The predicted octanol–water partition coefficient (Wildman–Crippen LogP) is 1.93. The van der Waals surface area contributed by atoms with Gasteiger partial charge >= 0.3 is 0 Å². The van der Waals surface area contributed by atoms with E-state index in [1.807, 2.05) is 0 Å². The fourth-order valence-electron chi connectivity index (χ4n) is 0.944. The van der Waals surface area contributed by atoms with E-state index in [1.165, 1.54) is 13.2 Å². The second kappa shape index (κ2) is 4.80. The quantitative estimate of drug-likeness (QED) is 0.864. The fraction of sp³-hybridized carbons (Fsp3) is 0.250. The van der Waals surface area contributed by atoms with Gasteiger partial charge in [0.25, 0.3) is 0 Å². The Morgan fingerprint density at radius 1 is 1.53 bits per heavy atom. The summed E-state index contributed by atoms with van der Waals surface area (Å²) in [5.74, 6) is -0.354. The van der Waals surface area contributed by atoms with Crippen LogP contribution in [0, 0.1) is 5.82 Å². The van der Waals surface area contributed by atoms with Crippen molar-refractivity contribution in [2.45, 2.75) is 0 Å². The van der Waals surface area contributed by atoms with Gasteiger partial charge in [-0.25, -0.2) is 12.8 Å². The van der Waals surface area contributed by atoms with Gasteiger partial charge in [0.2, 0.25) is 10.0 Å². The highest BCUT2D eigenvalue weighted by molar-refractivity contribution is 9.10. The Bertz CT molecular complexity index is 449. The number of nitrogens with one attached hydrogen (secondary N) is 1. The summed E-state index contributed by atoms with van der Waals surface area (Å²) in [5, 5.41) is 0. The summed E-state index contributed by atoms with van der Waals surface area (Å²) in [6.07, 6.45) is 0. The second-order valence-corrected chi connectivity index (χ2v) is 5.70. The third kappa shape index (κ3) is 3.35. The molecule has 0 aromatic heterocycles. The number of hydrogen-bond acceptors (Lipinski definition) is 3. The molecule has 0 unspecified atom stereocenters. The third-order valence-electron chi connectivity index (χ3n) is 1.57. The van der Waals surface area contributed by atoms with Crippen molar-refractivity contribution in [2.24, 2.45) is 0 Å². The molecule has 4 nitrogen and oxygen atoms in total. The molecule has 0 saturated heterocycles. The van der Waals surface area contributed by atoms with Crippen molar-refractivity contribution in [3.8, 4) is 5.75 Å². The Morgan fingerprint density at radius 3 is 2.73 bits per heavy atom. The van der Waals surface area contributed by atoms with Crippen LogP contribution in [0.15, 0.2) is 18.2 Å². The molecule has 84 valence electrons. The molecule has 0 aliphatic carbocycles. The summed E-state index contributed by atoms with van der Waals surface area (Å²) in [7, 11) is -2.12. The maximum absolute atomic E-state index is 12.8. The molecule has 1 N–H and O–H groups in total. The monoisotopic (exact) mass is 297 g/mol. The van der Waals surface area contributed by atoms with Crippen molar-refractivity contribution >= 4 is 31.6 Å². The van der Waals surface area contributed by atoms with Crippen molar-refractivity contribution in [3.63, 3.8) is 0 Å². The van der Waals surface area contributed by atoms with Gasteiger partial charge in [0.05, 0.1) is 12.8 Å². The average molecular weight is 298 g/mol. The maximum atomic E-state index is 12.8. The number of methoxy groups -OCH3 is 1. The minimum atomic E-state index is -3.45. The maximum Gasteiger partial charge on any atom is 0.242 e. The SMILES string of the molecule is COc1cc(F)ccc1NS(=O)(=O)CBr. The highest BCUT2D eigenvalue weighted by atomic mass is 79.9. The summed E-state index contributed by atoms with van der Waals surface area (Å²) in [6, 6.07) is 3.55. The number of alkyl halides is 1. The van der Waals surface area contributed by atoms with Crippen LogP contribution in [-0.2, 0) is 10.0 Å². The molecule has 0 atom stereocenters. The molecule has 7 heteroatoms. The van der Waals surface area contributed by atoms with Crippen LogP contribution in [0.25, 0.3) is 0 Å². The van der Waals surface area contributed by atoms with Crippen LogP contribution in [0.2, 0.25) is 0 Å². The Kier molecular flexibility index (Phi) is 3.92. The van der Waals surface area contributed by atoms with E-state index < -0.39 is 15.8 Å². The lowest BCUT2D eigenvalue weighted by Crippen LogP contribution is -2.13. The Hall–Kier alpha value is -0.820. The molecule has 1 aromatic rings. The summed E-state index contributed by atoms with van der Waals surface area (Å²) in [4.78, 5) is 0. The van der Waals surface area contributed by atoms with E-state index in [9.17, 15) is 12.8 Å². The van der Waals surface area contributed by atoms with E-state index in [2.05, 4.69) is 20.7 Å². The van der Waals surface area contributed by atoms with Crippen molar-refractivity contribution < 1.29 is 17.5 Å². The molecule has 1 aromatic carbocycles. The number of sulfonamides is 1. The van der Waals surface area contributed by atoms with E-state index in [-0.39, 0.29) is 16.1 Å². The average Bonchev–Trinajstić information content (AvgIpc) is 2.20. The van der Waals surface area contributed by atoms with Crippen LogP contribution in [0.4, 0.5) is 10.1 Å². The molecule has 1 rings (SSSR count). The number of benzene rings is 1. The van der Waals surface area contributed by atoms with Crippen molar-refractivity contribution in [1.82, 2.24) is 0 Å². The van der Waals surface area contributed by atoms with E-state index >= 15 is 0 Å². The first kappa shape index (κ1) is 12.3. The van der Waals surface area contributed by atoms with Gasteiger partial charge in [0.15, 0.2) is 0 Å². The molecule has 0 aliphatic heterocycles. The predicted molar refractivity (Wildman–Crippen MR) is 59.3 cm³/mol. The van der Waals surface area contributed by atoms with Crippen molar-refractivity contribution in [1.29, 1.82) is 0 Å². The molecule has 0 saturated carbocycles. The largest absolute Gasteiger partial charge is 0.494 e. The van der Waals surface area contributed by atoms with Crippen LogP contribution in [0.3, 0.4) is 0 Å². The number of rotatable bonds is 4. The van der Waals surface area contributed by atoms with Gasteiger partial charge in [0.1, 0.15) is 16.2 Å². The summed E-state index contributed by atoms with van der Waals surface area (Å²) < 4.78 is 42.1. The van der Waals surface area contributed by atoms with Gasteiger partial charge in [-0.15, -0.1) is 0 Å². The van der Waals surface area contributed by atoms with Crippen LogP contribution in [0.1, 0.15) is 0 Å². The van der Waals surface area contributed by atoms with Gasteiger partial charge in [-0.2, -0.15) is 0 Å². The van der Waals surface area contributed by atoms with Gasteiger partial charge in [0, 0.05) is 6.07 Å². The molecular formula is C8H9BrFNO3S.